The fraction of sp³-hybridized carbons (Fsp3) is 0.609. The van der Waals surface area contributed by atoms with E-state index in [1.165, 1.54) is 0 Å². The minimum absolute atomic E-state index is 0.0237. The van der Waals surface area contributed by atoms with Crippen LogP contribution in [-0.2, 0) is 14.3 Å². The van der Waals surface area contributed by atoms with Crippen LogP contribution in [0.4, 0.5) is 0 Å². The molecule has 2 N–H and O–H groups in total. The molecule has 0 bridgehead atoms. The molecule has 2 rings (SSSR count). The van der Waals surface area contributed by atoms with Crippen LogP contribution in [0.5, 0.6) is 0 Å². The van der Waals surface area contributed by atoms with Crippen LogP contribution in [0.2, 0.25) is 0 Å². The van der Waals surface area contributed by atoms with Gasteiger partial charge in [-0.1, -0.05) is 31.5 Å². The molecule has 0 radical (unpaired) electrons. The number of rotatable bonds is 9. The summed E-state index contributed by atoms with van der Waals surface area (Å²) in [6.07, 6.45) is 1.90. The molecular formula is C23H35N3O4. The first-order chi connectivity index (χ1) is 14.3. The molecule has 1 fully saturated rings. The highest BCUT2D eigenvalue weighted by molar-refractivity contribution is 5.97. The summed E-state index contributed by atoms with van der Waals surface area (Å²) in [5, 5.41) is 5.79. The molecule has 3 amide bonds. The van der Waals surface area contributed by atoms with Crippen molar-refractivity contribution in [2.24, 2.45) is 11.8 Å². The second-order valence-electron chi connectivity index (χ2n) is 8.42. The molecule has 7 heteroatoms. The molecule has 0 saturated carbocycles. The standard InChI is InChI=1S/C23H35N3O4/c1-16(2)14-20(27)26-11-8-18(9-12-26)21(23(29)24-10-13-30-4)25-22(28)19-7-5-6-17(3)15-19/h5-7,15-16,18,21H,8-14H2,1-4H3,(H,24,29)(H,25,28). The Bertz CT molecular complexity index is 727. The van der Waals surface area contributed by atoms with Crippen LogP contribution in [0.1, 0.15) is 49.0 Å². The number of aryl methyl sites for hydroxylation is 1. The lowest BCUT2D eigenvalue weighted by molar-refractivity contribution is -0.133. The van der Waals surface area contributed by atoms with Gasteiger partial charge in [-0.05, 0) is 43.7 Å². The van der Waals surface area contributed by atoms with Crippen molar-refractivity contribution in [2.45, 2.75) is 46.1 Å². The number of nitrogens with one attached hydrogen (secondary N) is 2. The molecule has 1 unspecified atom stereocenters. The van der Waals surface area contributed by atoms with E-state index in [1.807, 2.05) is 43.9 Å². The van der Waals surface area contributed by atoms with Gasteiger partial charge in [0, 0.05) is 38.7 Å². The number of hydrogen-bond donors (Lipinski definition) is 2. The highest BCUT2D eigenvalue weighted by atomic mass is 16.5. The molecular weight excluding hydrogens is 382 g/mol. The van der Waals surface area contributed by atoms with E-state index >= 15 is 0 Å². The van der Waals surface area contributed by atoms with Gasteiger partial charge in [-0.3, -0.25) is 14.4 Å². The van der Waals surface area contributed by atoms with E-state index in [4.69, 9.17) is 4.74 Å². The number of carbonyl (C=O) groups excluding carboxylic acids is 3. The highest BCUT2D eigenvalue weighted by Crippen LogP contribution is 2.23. The number of nitrogens with zero attached hydrogens (tertiary/aromatic N) is 1. The summed E-state index contributed by atoms with van der Waals surface area (Å²) in [5.74, 6) is -0.00943. The third-order valence-electron chi connectivity index (χ3n) is 5.40. The van der Waals surface area contributed by atoms with Crippen LogP contribution in [0, 0.1) is 18.8 Å². The number of carbonyl (C=O) groups is 3. The van der Waals surface area contributed by atoms with Crippen LogP contribution >= 0.6 is 0 Å². The largest absolute Gasteiger partial charge is 0.383 e. The normalized spacial score (nSPS) is 15.7. The summed E-state index contributed by atoms with van der Waals surface area (Å²) in [7, 11) is 1.58. The summed E-state index contributed by atoms with van der Waals surface area (Å²) in [6, 6.07) is 6.67. The lowest BCUT2D eigenvalue weighted by atomic mass is 9.88. The first-order valence-corrected chi connectivity index (χ1v) is 10.7. The van der Waals surface area contributed by atoms with Gasteiger partial charge in [0.1, 0.15) is 6.04 Å². The third kappa shape index (κ3) is 7.13. The van der Waals surface area contributed by atoms with Crippen LogP contribution in [0.3, 0.4) is 0 Å². The molecule has 7 nitrogen and oxygen atoms in total. The van der Waals surface area contributed by atoms with Crippen LogP contribution in [0.15, 0.2) is 24.3 Å². The van der Waals surface area contributed by atoms with Gasteiger partial charge in [-0.2, -0.15) is 0 Å². The number of methoxy groups -OCH3 is 1. The number of likely N-dealkylation sites (tertiary alicyclic amines) is 1. The fourth-order valence-electron chi connectivity index (χ4n) is 3.76. The minimum Gasteiger partial charge on any atom is -0.383 e. The molecule has 1 aliphatic rings. The van der Waals surface area contributed by atoms with E-state index < -0.39 is 6.04 Å². The summed E-state index contributed by atoms with van der Waals surface area (Å²) in [5.41, 5.74) is 1.52. The maximum absolute atomic E-state index is 12.9. The summed E-state index contributed by atoms with van der Waals surface area (Å²) in [6.45, 7) is 8.01. The monoisotopic (exact) mass is 417 g/mol. The van der Waals surface area contributed by atoms with Gasteiger partial charge in [0.25, 0.3) is 5.91 Å². The first-order valence-electron chi connectivity index (χ1n) is 10.7. The Hall–Kier alpha value is -2.41. The Morgan fingerprint density at radius 3 is 2.50 bits per heavy atom. The Morgan fingerprint density at radius 2 is 1.90 bits per heavy atom. The lowest BCUT2D eigenvalue weighted by Gasteiger charge is -2.36. The molecule has 1 saturated heterocycles. The first kappa shape index (κ1) is 23.9. The van der Waals surface area contributed by atoms with Crippen molar-refractivity contribution in [3.8, 4) is 0 Å². The lowest BCUT2D eigenvalue weighted by Crippen LogP contribution is -2.54. The molecule has 0 aromatic heterocycles. The number of benzene rings is 1. The Labute approximate surface area is 179 Å². The molecule has 1 heterocycles. The highest BCUT2D eigenvalue weighted by Gasteiger charge is 2.34. The van der Waals surface area contributed by atoms with Gasteiger partial charge < -0.3 is 20.3 Å². The molecule has 30 heavy (non-hydrogen) atoms. The van der Waals surface area contributed by atoms with Gasteiger partial charge in [0.15, 0.2) is 0 Å². The zero-order valence-electron chi connectivity index (χ0n) is 18.6. The smallest absolute Gasteiger partial charge is 0.251 e. The second kappa shape index (κ2) is 11.7. The van der Waals surface area contributed by atoms with E-state index in [2.05, 4.69) is 10.6 Å². The van der Waals surface area contributed by atoms with E-state index in [0.29, 0.717) is 57.0 Å². The van der Waals surface area contributed by atoms with Crippen molar-refractivity contribution in [3.63, 3.8) is 0 Å². The minimum atomic E-state index is -0.641. The molecule has 0 aliphatic carbocycles. The topological polar surface area (TPSA) is 87.7 Å². The van der Waals surface area contributed by atoms with Crippen molar-refractivity contribution < 1.29 is 19.1 Å². The van der Waals surface area contributed by atoms with Crippen molar-refractivity contribution in [3.05, 3.63) is 35.4 Å². The van der Waals surface area contributed by atoms with Gasteiger partial charge in [0.2, 0.25) is 11.8 Å². The maximum atomic E-state index is 12.9. The maximum Gasteiger partial charge on any atom is 0.251 e. The van der Waals surface area contributed by atoms with E-state index in [-0.39, 0.29) is 23.6 Å². The summed E-state index contributed by atoms with van der Waals surface area (Å²) < 4.78 is 5.01. The summed E-state index contributed by atoms with van der Waals surface area (Å²) >= 11 is 0. The van der Waals surface area contributed by atoms with Crippen LogP contribution < -0.4 is 10.6 Å². The number of ether oxygens (including phenoxy) is 1. The third-order valence-corrected chi connectivity index (χ3v) is 5.40. The van der Waals surface area contributed by atoms with Crippen LogP contribution in [0.25, 0.3) is 0 Å². The van der Waals surface area contributed by atoms with Gasteiger partial charge in [-0.25, -0.2) is 0 Å². The van der Waals surface area contributed by atoms with Crippen molar-refractivity contribution in [1.29, 1.82) is 0 Å². The van der Waals surface area contributed by atoms with Gasteiger partial charge in [0.05, 0.1) is 6.61 Å². The zero-order chi connectivity index (χ0) is 22.1. The molecule has 0 spiro atoms. The second-order valence-corrected chi connectivity index (χ2v) is 8.42. The Morgan fingerprint density at radius 1 is 1.20 bits per heavy atom. The quantitative estimate of drug-likeness (QED) is 0.603. The molecule has 1 aliphatic heterocycles. The SMILES string of the molecule is COCCNC(=O)C(NC(=O)c1cccc(C)c1)C1CCN(C(=O)CC(C)C)CC1. The Kier molecular flexibility index (Phi) is 9.30. The molecule has 1 atom stereocenters. The zero-order valence-corrected chi connectivity index (χ0v) is 18.6. The van der Waals surface area contributed by atoms with Crippen molar-refractivity contribution >= 4 is 17.7 Å². The van der Waals surface area contributed by atoms with Crippen molar-refractivity contribution in [1.82, 2.24) is 15.5 Å². The number of piperidine rings is 1. The Balaban J connectivity index is 2.05. The van der Waals surface area contributed by atoms with E-state index in [9.17, 15) is 14.4 Å². The predicted molar refractivity (Wildman–Crippen MR) is 116 cm³/mol. The number of amides is 3. The van der Waals surface area contributed by atoms with E-state index in [0.717, 1.165) is 5.56 Å². The summed E-state index contributed by atoms with van der Waals surface area (Å²) in [4.78, 5) is 39.9. The average Bonchev–Trinajstić information content (AvgIpc) is 2.71. The predicted octanol–water partition coefficient (Wildman–Crippen LogP) is 2.14. The van der Waals surface area contributed by atoms with Gasteiger partial charge >= 0.3 is 0 Å². The van der Waals surface area contributed by atoms with Gasteiger partial charge in [-0.15, -0.1) is 0 Å². The van der Waals surface area contributed by atoms with Crippen LogP contribution in [-0.4, -0.2) is 62.0 Å². The number of hydrogen-bond acceptors (Lipinski definition) is 4. The van der Waals surface area contributed by atoms with Crippen molar-refractivity contribution in [2.75, 3.05) is 33.4 Å². The molecule has 1 aromatic carbocycles. The fourth-order valence-corrected chi connectivity index (χ4v) is 3.76. The molecule has 1 aromatic rings. The molecule has 166 valence electrons. The van der Waals surface area contributed by atoms with E-state index in [1.54, 1.807) is 13.2 Å². The average molecular weight is 418 g/mol.